The van der Waals surface area contributed by atoms with Crippen molar-refractivity contribution in [3.8, 4) is 0 Å². The zero-order valence-electron chi connectivity index (χ0n) is 10.0. The highest BCUT2D eigenvalue weighted by Gasteiger charge is 2.36. The fourth-order valence-corrected chi connectivity index (χ4v) is 2.29. The number of β-amino-alcohol motifs (C(OH)–C–C–N with tert-alkyl or cyclic N) is 1. The first-order valence-electron chi connectivity index (χ1n) is 6.03. The van der Waals surface area contributed by atoms with E-state index >= 15 is 0 Å². The lowest BCUT2D eigenvalue weighted by molar-refractivity contribution is -0.128. The lowest BCUT2D eigenvalue weighted by Crippen LogP contribution is -2.44. The highest BCUT2D eigenvalue weighted by Crippen LogP contribution is 2.28. The Hall–Kier alpha value is -1.55. The summed E-state index contributed by atoms with van der Waals surface area (Å²) in [5.41, 5.74) is 1.01. The molecule has 1 saturated heterocycles. The molecule has 0 radical (unpaired) electrons. The van der Waals surface area contributed by atoms with E-state index in [1.165, 1.54) is 0 Å². The van der Waals surface area contributed by atoms with Gasteiger partial charge in [0.1, 0.15) is 0 Å². The van der Waals surface area contributed by atoms with Crippen LogP contribution in [0.1, 0.15) is 19.8 Å². The van der Waals surface area contributed by atoms with E-state index in [0.29, 0.717) is 13.0 Å². The molecule has 4 nitrogen and oxygen atoms in total. The summed E-state index contributed by atoms with van der Waals surface area (Å²) in [5, 5.41) is 12.7. The van der Waals surface area contributed by atoms with Gasteiger partial charge < -0.3 is 5.11 Å². The zero-order valence-corrected chi connectivity index (χ0v) is 10.0. The van der Waals surface area contributed by atoms with Crippen molar-refractivity contribution in [3.63, 3.8) is 0 Å². The summed E-state index contributed by atoms with van der Waals surface area (Å²) >= 11 is 0. The molecule has 1 N–H and O–H groups in total. The van der Waals surface area contributed by atoms with E-state index in [9.17, 15) is 4.79 Å². The van der Waals surface area contributed by atoms with Crippen LogP contribution in [0.3, 0.4) is 0 Å². The SMILES string of the molecule is CCC1CC(=O)N(CCO)N1c1ccccc1. The number of amides is 1. The molecule has 1 fully saturated rings. The fraction of sp³-hybridized carbons (Fsp3) is 0.462. The summed E-state index contributed by atoms with van der Waals surface area (Å²) in [5.74, 6) is 0.0924. The van der Waals surface area contributed by atoms with Crippen LogP contribution in [0.25, 0.3) is 0 Å². The fourth-order valence-electron chi connectivity index (χ4n) is 2.29. The van der Waals surface area contributed by atoms with E-state index < -0.39 is 0 Å². The van der Waals surface area contributed by atoms with Crippen molar-refractivity contribution in [2.24, 2.45) is 0 Å². The molecule has 4 heteroatoms. The van der Waals surface area contributed by atoms with E-state index in [4.69, 9.17) is 5.11 Å². The van der Waals surface area contributed by atoms with Crippen LogP contribution >= 0.6 is 0 Å². The summed E-state index contributed by atoms with van der Waals surface area (Å²) in [7, 11) is 0. The molecule has 0 aromatic heterocycles. The monoisotopic (exact) mass is 234 g/mol. The molecule has 0 bridgehead atoms. The van der Waals surface area contributed by atoms with Gasteiger partial charge in [-0.2, -0.15) is 0 Å². The molecule has 1 amide bonds. The minimum absolute atomic E-state index is 0.00842. The number of hydrazine groups is 1. The van der Waals surface area contributed by atoms with Gasteiger partial charge in [-0.15, -0.1) is 0 Å². The summed E-state index contributed by atoms with van der Waals surface area (Å²) in [6.45, 7) is 2.44. The quantitative estimate of drug-likeness (QED) is 0.856. The van der Waals surface area contributed by atoms with Crippen molar-refractivity contribution in [1.82, 2.24) is 5.01 Å². The molecule has 1 aliphatic rings. The maximum absolute atomic E-state index is 11.9. The first-order valence-corrected chi connectivity index (χ1v) is 6.03. The van der Waals surface area contributed by atoms with Gasteiger partial charge in [0.2, 0.25) is 5.91 Å². The Kier molecular flexibility index (Phi) is 3.64. The van der Waals surface area contributed by atoms with Crippen molar-refractivity contribution in [2.75, 3.05) is 18.2 Å². The van der Waals surface area contributed by atoms with Crippen LogP contribution in [-0.2, 0) is 4.79 Å². The number of benzene rings is 1. The number of anilines is 1. The second-order valence-electron chi connectivity index (χ2n) is 4.19. The Bertz CT molecular complexity index is 380. The lowest BCUT2D eigenvalue weighted by Gasteiger charge is -2.33. The van der Waals surface area contributed by atoms with E-state index in [-0.39, 0.29) is 18.6 Å². The van der Waals surface area contributed by atoms with Crippen LogP contribution in [0.2, 0.25) is 0 Å². The molecule has 1 aromatic carbocycles. The van der Waals surface area contributed by atoms with Gasteiger partial charge >= 0.3 is 0 Å². The number of para-hydroxylation sites is 1. The molecule has 0 aliphatic carbocycles. The van der Waals surface area contributed by atoms with Crippen molar-refractivity contribution in [1.29, 1.82) is 0 Å². The second-order valence-corrected chi connectivity index (χ2v) is 4.19. The van der Waals surface area contributed by atoms with E-state index in [2.05, 4.69) is 6.92 Å². The van der Waals surface area contributed by atoms with E-state index in [1.54, 1.807) is 5.01 Å². The molecule has 92 valence electrons. The van der Waals surface area contributed by atoms with Gasteiger partial charge in [-0.3, -0.25) is 14.8 Å². The molecule has 2 rings (SSSR count). The number of carbonyl (C=O) groups is 1. The topological polar surface area (TPSA) is 43.8 Å². The Balaban J connectivity index is 2.29. The first-order chi connectivity index (χ1) is 8.27. The number of aliphatic hydroxyl groups is 1. The van der Waals surface area contributed by atoms with Gasteiger partial charge in [0, 0.05) is 0 Å². The number of hydrogen-bond donors (Lipinski definition) is 1. The summed E-state index contributed by atoms with van der Waals surface area (Å²) < 4.78 is 0. The predicted octanol–water partition coefficient (Wildman–Crippen LogP) is 1.41. The van der Waals surface area contributed by atoms with Crippen LogP contribution in [0.4, 0.5) is 5.69 Å². The summed E-state index contributed by atoms with van der Waals surface area (Å²) in [4.78, 5) is 11.9. The van der Waals surface area contributed by atoms with Crippen LogP contribution < -0.4 is 5.01 Å². The minimum atomic E-state index is -0.00842. The maximum Gasteiger partial charge on any atom is 0.243 e. The molecule has 1 heterocycles. The van der Waals surface area contributed by atoms with Gasteiger partial charge in [-0.1, -0.05) is 25.1 Å². The smallest absolute Gasteiger partial charge is 0.243 e. The Labute approximate surface area is 101 Å². The number of rotatable bonds is 4. The maximum atomic E-state index is 11.9. The van der Waals surface area contributed by atoms with E-state index in [0.717, 1.165) is 12.1 Å². The first kappa shape index (κ1) is 11.9. The molecular formula is C13H18N2O2. The standard InChI is InChI=1S/C13H18N2O2/c1-2-11-10-13(17)14(8-9-16)15(11)12-6-4-3-5-7-12/h3-7,11,16H,2,8-10H2,1H3. The molecule has 17 heavy (non-hydrogen) atoms. The van der Waals surface area contributed by atoms with Crippen LogP contribution in [0, 0.1) is 0 Å². The van der Waals surface area contributed by atoms with Gasteiger partial charge in [-0.05, 0) is 18.6 Å². The third kappa shape index (κ3) is 2.26. The zero-order chi connectivity index (χ0) is 12.3. The van der Waals surface area contributed by atoms with Gasteiger partial charge in [0.05, 0.1) is 31.3 Å². The number of aliphatic hydroxyl groups excluding tert-OH is 1. The average Bonchev–Trinajstić information content (AvgIpc) is 2.68. The molecule has 1 unspecified atom stereocenters. The Morgan fingerprint density at radius 3 is 2.65 bits per heavy atom. The molecule has 1 aromatic rings. The number of hydrogen-bond acceptors (Lipinski definition) is 3. The number of carbonyl (C=O) groups excluding carboxylic acids is 1. The molecule has 1 aliphatic heterocycles. The highest BCUT2D eigenvalue weighted by molar-refractivity contribution is 5.82. The van der Waals surface area contributed by atoms with Crippen molar-refractivity contribution >= 4 is 11.6 Å². The Morgan fingerprint density at radius 2 is 2.06 bits per heavy atom. The van der Waals surface area contributed by atoms with Crippen molar-refractivity contribution in [3.05, 3.63) is 30.3 Å². The van der Waals surface area contributed by atoms with Crippen LogP contribution in [0.15, 0.2) is 30.3 Å². The third-order valence-corrected chi connectivity index (χ3v) is 3.11. The predicted molar refractivity (Wildman–Crippen MR) is 66.4 cm³/mol. The second kappa shape index (κ2) is 5.19. The summed E-state index contributed by atoms with van der Waals surface area (Å²) in [6, 6.07) is 10.1. The molecular weight excluding hydrogens is 216 g/mol. The normalized spacial score (nSPS) is 20.1. The third-order valence-electron chi connectivity index (χ3n) is 3.11. The van der Waals surface area contributed by atoms with Gasteiger partial charge in [-0.25, -0.2) is 0 Å². The van der Waals surface area contributed by atoms with Crippen LogP contribution in [0.5, 0.6) is 0 Å². The van der Waals surface area contributed by atoms with Gasteiger partial charge in [0.15, 0.2) is 0 Å². The highest BCUT2D eigenvalue weighted by atomic mass is 16.3. The molecule has 0 saturated carbocycles. The summed E-state index contributed by atoms with van der Waals surface area (Å²) in [6.07, 6.45) is 1.45. The Morgan fingerprint density at radius 1 is 1.35 bits per heavy atom. The largest absolute Gasteiger partial charge is 0.394 e. The average molecular weight is 234 g/mol. The molecule has 1 atom stereocenters. The lowest BCUT2D eigenvalue weighted by atomic mass is 10.1. The number of nitrogens with zero attached hydrogens (tertiary/aromatic N) is 2. The minimum Gasteiger partial charge on any atom is -0.394 e. The van der Waals surface area contributed by atoms with Gasteiger partial charge in [0.25, 0.3) is 0 Å². The van der Waals surface area contributed by atoms with Crippen molar-refractivity contribution in [2.45, 2.75) is 25.8 Å². The van der Waals surface area contributed by atoms with Crippen LogP contribution in [-0.4, -0.2) is 35.2 Å². The van der Waals surface area contributed by atoms with Crippen molar-refractivity contribution < 1.29 is 9.90 Å². The molecule has 0 spiro atoms. The van der Waals surface area contributed by atoms with E-state index in [1.807, 2.05) is 35.3 Å².